The van der Waals surface area contributed by atoms with Crippen molar-refractivity contribution in [1.82, 2.24) is 0 Å². The summed E-state index contributed by atoms with van der Waals surface area (Å²) in [5.74, 6) is 0. The maximum atomic E-state index is 7.97. The first-order chi connectivity index (χ1) is 10.0. The van der Waals surface area contributed by atoms with E-state index in [1.807, 2.05) is 0 Å². The van der Waals surface area contributed by atoms with Crippen LogP contribution in [0.1, 0.15) is 0 Å². The molecule has 1 fully saturated rings. The molecular weight excluding hydrogens is 464 g/mol. The molecule has 1 heterocycles. The third kappa shape index (κ3) is 2.39. The zero-order valence-electron chi connectivity index (χ0n) is 18.8. The number of rotatable bonds is 4. The van der Waals surface area contributed by atoms with E-state index >= 15 is 0 Å². The summed E-state index contributed by atoms with van der Waals surface area (Å²) in [5, 5.41) is 0. The average molecular weight is 506 g/mol. The standard InChI is InChI=1S/C14H42Cl2Si8/c1-17(2,3)23(18(4,5)6)21(13,14)24(19(7,8)9,20(10,11)12)22(23,15)16/h1-14H3. The van der Waals surface area contributed by atoms with E-state index in [0.717, 1.165) is 0 Å². The Morgan fingerprint density at radius 3 is 0.708 bits per heavy atom. The van der Waals surface area contributed by atoms with Crippen molar-refractivity contribution in [2.24, 2.45) is 0 Å². The quantitative estimate of drug-likeness (QED) is 0.302. The lowest BCUT2D eigenvalue weighted by Gasteiger charge is -2.84. The molecule has 0 aromatic heterocycles. The van der Waals surface area contributed by atoms with Gasteiger partial charge in [-0.1, -0.05) is 91.7 Å². The molecule has 1 aliphatic heterocycles. The smallest absolute Gasteiger partial charge is 0.155 e. The summed E-state index contributed by atoms with van der Waals surface area (Å²) in [6, 6.07) is 0. The molecule has 0 N–H and O–H groups in total. The van der Waals surface area contributed by atoms with Crippen molar-refractivity contribution in [1.29, 1.82) is 0 Å². The molecule has 0 nitrogen and oxygen atoms in total. The highest BCUT2D eigenvalue weighted by Gasteiger charge is 2.96. The maximum Gasteiger partial charge on any atom is 0.213 e. The Hall–Kier alpha value is 2.32. The molecule has 1 rings (SSSR count). The molecule has 0 amide bonds. The first kappa shape index (κ1) is 24.4. The molecule has 0 aromatic carbocycles. The Morgan fingerprint density at radius 2 is 0.625 bits per heavy atom. The molecule has 0 atom stereocenters. The highest BCUT2D eigenvalue weighted by Crippen LogP contribution is 2.66. The summed E-state index contributed by atoms with van der Waals surface area (Å²) in [6.45, 7) is 37.8. The van der Waals surface area contributed by atoms with E-state index in [9.17, 15) is 0 Å². The minimum absolute atomic E-state index is 1.34. The fourth-order valence-electron chi connectivity index (χ4n) is 9.17. The van der Waals surface area contributed by atoms with Gasteiger partial charge in [0.05, 0.1) is 12.3 Å². The van der Waals surface area contributed by atoms with Crippen molar-refractivity contribution in [3.8, 4) is 0 Å². The van der Waals surface area contributed by atoms with Crippen molar-refractivity contribution in [2.45, 2.75) is 91.7 Å². The molecule has 1 aliphatic rings. The van der Waals surface area contributed by atoms with Crippen LogP contribution in [0, 0.1) is 0 Å². The Labute approximate surface area is 168 Å². The summed E-state index contributed by atoms with van der Waals surface area (Å²) < 4.78 is 0. The number of halogens is 2. The normalized spacial score (nSPS) is 26.0. The largest absolute Gasteiger partial charge is 0.213 e. The molecular formula is C14H42Cl2Si8. The Kier molecular flexibility index (Phi) is 6.00. The van der Waals surface area contributed by atoms with Crippen molar-refractivity contribution in [3.63, 3.8) is 0 Å². The summed E-state index contributed by atoms with van der Waals surface area (Å²) in [6.07, 6.45) is -3.08. The van der Waals surface area contributed by atoms with Gasteiger partial charge in [-0.3, -0.25) is 0 Å². The van der Waals surface area contributed by atoms with Crippen molar-refractivity contribution >= 4 is 77.6 Å². The van der Waals surface area contributed by atoms with Crippen molar-refractivity contribution < 1.29 is 0 Å². The maximum absolute atomic E-state index is 7.97. The number of hydrogen-bond donors (Lipinski definition) is 0. The van der Waals surface area contributed by atoms with Crippen molar-refractivity contribution in [2.75, 3.05) is 0 Å². The van der Waals surface area contributed by atoms with Gasteiger partial charge in [0, 0.05) is 37.5 Å². The van der Waals surface area contributed by atoms with Gasteiger partial charge < -0.3 is 0 Å². The van der Waals surface area contributed by atoms with Gasteiger partial charge in [0.2, 0.25) is 5.73 Å². The topological polar surface area (TPSA) is 0 Å². The van der Waals surface area contributed by atoms with Crippen LogP contribution in [0.2, 0.25) is 91.7 Å². The van der Waals surface area contributed by atoms with E-state index < -0.39 is 55.5 Å². The highest BCUT2D eigenvalue weighted by atomic mass is 35.7. The van der Waals surface area contributed by atoms with Gasteiger partial charge in [0.15, 0.2) is 0 Å². The minimum Gasteiger partial charge on any atom is -0.155 e. The SMILES string of the molecule is C[Si](C)(C)[Si]1([Si](C)(C)C)[Si](C)(C)[Si]([Si](C)(C)C)([Si](C)(C)C)[Si]1(Cl)Cl. The predicted octanol–water partition coefficient (Wildman–Crippen LogP) is 6.51. The lowest BCUT2D eigenvalue weighted by Crippen LogP contribution is -3.19. The lowest BCUT2D eigenvalue weighted by molar-refractivity contribution is 1.75. The molecule has 0 radical (unpaired) electrons. The average Bonchev–Trinajstić information content (AvgIpc) is 2.01. The van der Waals surface area contributed by atoms with E-state index in [4.69, 9.17) is 22.2 Å². The first-order valence-corrected chi connectivity index (χ1v) is 42.4. The van der Waals surface area contributed by atoms with E-state index in [1.54, 1.807) is 0 Å². The van der Waals surface area contributed by atoms with Gasteiger partial charge in [0.25, 0.3) is 0 Å². The molecule has 24 heavy (non-hydrogen) atoms. The number of hydrogen-bond acceptors (Lipinski definition) is 0. The van der Waals surface area contributed by atoms with Gasteiger partial charge in [-0.2, -0.15) is 22.2 Å². The van der Waals surface area contributed by atoms with E-state index in [2.05, 4.69) is 91.7 Å². The molecule has 0 aromatic rings. The second-order valence-electron chi connectivity index (χ2n) is 12.7. The van der Waals surface area contributed by atoms with E-state index in [-0.39, 0.29) is 0 Å². The first-order valence-electron chi connectivity index (χ1n) is 9.38. The van der Waals surface area contributed by atoms with Crippen LogP contribution in [0.5, 0.6) is 0 Å². The van der Waals surface area contributed by atoms with Gasteiger partial charge in [-0.05, 0) is 0 Å². The van der Waals surface area contributed by atoms with Gasteiger partial charge in [-0.25, -0.2) is 0 Å². The van der Waals surface area contributed by atoms with Crippen LogP contribution in [0.3, 0.4) is 0 Å². The van der Waals surface area contributed by atoms with Crippen LogP contribution in [-0.2, 0) is 0 Å². The Bertz CT molecular complexity index is 425. The van der Waals surface area contributed by atoms with E-state index in [0.29, 0.717) is 0 Å². The predicted molar refractivity (Wildman–Crippen MR) is 140 cm³/mol. The second kappa shape index (κ2) is 5.91. The van der Waals surface area contributed by atoms with Gasteiger partial charge in [-0.15, -0.1) is 0 Å². The summed E-state index contributed by atoms with van der Waals surface area (Å²) in [4.78, 5) is 0. The molecule has 1 saturated heterocycles. The zero-order valence-corrected chi connectivity index (χ0v) is 28.3. The summed E-state index contributed by atoms with van der Waals surface area (Å²) >= 11 is 15.9. The molecule has 0 spiro atoms. The summed E-state index contributed by atoms with van der Waals surface area (Å²) in [5.41, 5.74) is -2.16. The Morgan fingerprint density at radius 1 is 0.458 bits per heavy atom. The summed E-state index contributed by atoms with van der Waals surface area (Å²) in [7, 11) is -6.71. The molecule has 10 heteroatoms. The fourth-order valence-corrected chi connectivity index (χ4v) is 555. The molecule has 0 unspecified atom stereocenters. The van der Waals surface area contributed by atoms with Crippen LogP contribution in [-0.4, -0.2) is 55.5 Å². The van der Waals surface area contributed by atoms with Crippen molar-refractivity contribution in [3.05, 3.63) is 0 Å². The van der Waals surface area contributed by atoms with E-state index in [1.165, 1.54) is 0 Å². The third-order valence-corrected chi connectivity index (χ3v) is 269. The highest BCUT2D eigenvalue weighted by molar-refractivity contribution is 8.50. The van der Waals surface area contributed by atoms with Gasteiger partial charge >= 0.3 is 0 Å². The van der Waals surface area contributed by atoms with Crippen LogP contribution < -0.4 is 0 Å². The van der Waals surface area contributed by atoms with Crippen LogP contribution in [0.15, 0.2) is 0 Å². The van der Waals surface area contributed by atoms with Crippen LogP contribution in [0.25, 0.3) is 0 Å². The third-order valence-electron chi connectivity index (χ3n) is 7.32. The molecule has 0 saturated carbocycles. The fraction of sp³-hybridized carbons (Fsp3) is 1.00. The van der Waals surface area contributed by atoms with Gasteiger partial charge in [0.1, 0.15) is 0 Å². The zero-order chi connectivity index (χ0) is 20.0. The van der Waals surface area contributed by atoms with Crippen LogP contribution in [0.4, 0.5) is 0 Å². The molecule has 0 aliphatic carbocycles. The minimum atomic E-state index is -2.16. The molecule has 0 bridgehead atoms. The lowest BCUT2D eigenvalue weighted by atomic mass is 11.8. The van der Waals surface area contributed by atoms with Crippen LogP contribution >= 0.6 is 22.2 Å². The molecule has 144 valence electrons. The monoisotopic (exact) mass is 504 g/mol. The second-order valence-corrected chi connectivity index (χ2v) is 115. The Balaban J connectivity index is 4.09.